The van der Waals surface area contributed by atoms with E-state index in [-0.39, 0.29) is 21.7 Å². The molecule has 102 valence electrons. The van der Waals surface area contributed by atoms with E-state index in [9.17, 15) is 13.5 Å². The van der Waals surface area contributed by atoms with Crippen LogP contribution in [-0.4, -0.2) is 18.5 Å². The first-order valence-corrected chi connectivity index (χ1v) is 8.00. The third-order valence-electron chi connectivity index (χ3n) is 2.55. The zero-order chi connectivity index (χ0) is 14.0. The zero-order valence-electron chi connectivity index (χ0n) is 9.92. The molecule has 0 amide bonds. The maximum atomic E-state index is 12.3. The fourth-order valence-corrected chi connectivity index (χ4v) is 4.00. The Morgan fingerprint density at radius 3 is 2.79 bits per heavy atom. The lowest BCUT2D eigenvalue weighted by atomic mass is 10.1. The average Bonchev–Trinajstić information content (AvgIpc) is 2.83. The Morgan fingerprint density at radius 2 is 2.21 bits per heavy atom. The van der Waals surface area contributed by atoms with Gasteiger partial charge in [-0.05, 0) is 30.2 Å². The lowest BCUT2D eigenvalue weighted by molar-refractivity contribution is 0.280. The van der Waals surface area contributed by atoms with Gasteiger partial charge in [0, 0.05) is 16.6 Å². The van der Waals surface area contributed by atoms with E-state index in [1.165, 1.54) is 23.6 Å². The first-order valence-electron chi connectivity index (χ1n) is 5.26. The second-order valence-electron chi connectivity index (χ2n) is 3.79. The number of sulfonamides is 1. The SMILES string of the molecule is Cc1c(CO)cc(Cl)cc1S(=O)(=O)Nc1nccs1. The molecular weight excluding hydrogens is 308 g/mol. The van der Waals surface area contributed by atoms with Crippen LogP contribution in [0.2, 0.25) is 5.02 Å². The Kier molecular flexibility index (Phi) is 4.10. The van der Waals surface area contributed by atoms with Gasteiger partial charge in [0.25, 0.3) is 10.0 Å². The van der Waals surface area contributed by atoms with Gasteiger partial charge in [0.15, 0.2) is 5.13 Å². The molecular formula is C11H11ClN2O3S2. The molecule has 2 rings (SSSR count). The Morgan fingerprint density at radius 1 is 1.47 bits per heavy atom. The molecule has 0 aliphatic heterocycles. The number of hydrogen-bond donors (Lipinski definition) is 2. The quantitative estimate of drug-likeness (QED) is 0.907. The second kappa shape index (κ2) is 5.46. The normalized spacial score (nSPS) is 11.5. The van der Waals surface area contributed by atoms with Crippen LogP contribution in [0.25, 0.3) is 0 Å². The molecule has 19 heavy (non-hydrogen) atoms. The number of aliphatic hydroxyl groups excluding tert-OH is 1. The van der Waals surface area contributed by atoms with Gasteiger partial charge in [-0.1, -0.05) is 11.6 Å². The summed E-state index contributed by atoms with van der Waals surface area (Å²) in [6, 6.07) is 2.89. The molecule has 0 aliphatic rings. The van der Waals surface area contributed by atoms with Crippen LogP contribution in [0.15, 0.2) is 28.6 Å². The van der Waals surface area contributed by atoms with E-state index < -0.39 is 10.0 Å². The molecule has 8 heteroatoms. The molecule has 1 aromatic carbocycles. The van der Waals surface area contributed by atoms with E-state index in [1.807, 2.05) is 0 Å². The summed E-state index contributed by atoms with van der Waals surface area (Å²) in [4.78, 5) is 3.91. The molecule has 0 atom stereocenters. The molecule has 0 saturated carbocycles. The second-order valence-corrected chi connectivity index (χ2v) is 6.77. The summed E-state index contributed by atoms with van der Waals surface area (Å²) in [7, 11) is -3.77. The number of rotatable bonds is 4. The lowest BCUT2D eigenvalue weighted by Crippen LogP contribution is -2.15. The number of nitrogens with one attached hydrogen (secondary N) is 1. The minimum atomic E-state index is -3.77. The molecule has 0 saturated heterocycles. The first-order chi connectivity index (χ1) is 8.94. The number of halogens is 1. The molecule has 0 spiro atoms. The molecule has 5 nitrogen and oxygen atoms in total. The number of nitrogens with zero attached hydrogens (tertiary/aromatic N) is 1. The summed E-state index contributed by atoms with van der Waals surface area (Å²) in [6.07, 6.45) is 1.51. The summed E-state index contributed by atoms with van der Waals surface area (Å²) in [6.45, 7) is 1.35. The topological polar surface area (TPSA) is 79.3 Å². The van der Waals surface area contributed by atoms with Crippen molar-refractivity contribution in [2.24, 2.45) is 0 Å². The van der Waals surface area contributed by atoms with Gasteiger partial charge in [-0.25, -0.2) is 13.4 Å². The van der Waals surface area contributed by atoms with Crippen molar-refractivity contribution in [3.05, 3.63) is 39.9 Å². The number of hydrogen-bond acceptors (Lipinski definition) is 5. The molecule has 0 bridgehead atoms. The van der Waals surface area contributed by atoms with Crippen LogP contribution in [0.1, 0.15) is 11.1 Å². The van der Waals surface area contributed by atoms with Crippen molar-refractivity contribution in [3.8, 4) is 0 Å². The highest BCUT2D eigenvalue weighted by Gasteiger charge is 2.20. The molecule has 0 aliphatic carbocycles. The largest absolute Gasteiger partial charge is 0.392 e. The van der Waals surface area contributed by atoms with Crippen molar-refractivity contribution in [1.29, 1.82) is 0 Å². The van der Waals surface area contributed by atoms with Crippen molar-refractivity contribution in [2.45, 2.75) is 18.4 Å². The van der Waals surface area contributed by atoms with Crippen molar-refractivity contribution >= 4 is 38.1 Å². The molecule has 1 aromatic heterocycles. The summed E-state index contributed by atoms with van der Waals surface area (Å²) in [5, 5.41) is 11.4. The molecule has 2 aromatic rings. The zero-order valence-corrected chi connectivity index (χ0v) is 12.3. The number of anilines is 1. The molecule has 0 radical (unpaired) electrons. The highest BCUT2D eigenvalue weighted by atomic mass is 35.5. The highest BCUT2D eigenvalue weighted by molar-refractivity contribution is 7.93. The third kappa shape index (κ3) is 3.06. The van der Waals surface area contributed by atoms with Crippen LogP contribution < -0.4 is 4.72 Å². The van der Waals surface area contributed by atoms with Crippen LogP contribution in [0.5, 0.6) is 0 Å². The monoisotopic (exact) mass is 318 g/mol. The van der Waals surface area contributed by atoms with E-state index in [0.717, 1.165) is 0 Å². The number of benzene rings is 1. The highest BCUT2D eigenvalue weighted by Crippen LogP contribution is 2.26. The minimum absolute atomic E-state index is 0.0410. The molecule has 0 unspecified atom stereocenters. The standard InChI is InChI=1S/C11H11ClN2O3S2/c1-7-8(6-15)4-9(12)5-10(7)19(16,17)14-11-13-2-3-18-11/h2-5,15H,6H2,1H3,(H,13,14). The molecule has 2 N–H and O–H groups in total. The Bertz CT molecular complexity index is 684. The minimum Gasteiger partial charge on any atom is -0.392 e. The van der Waals surface area contributed by atoms with E-state index in [2.05, 4.69) is 9.71 Å². The van der Waals surface area contributed by atoms with Crippen LogP contribution in [0, 0.1) is 6.92 Å². The Labute approximate surface area is 119 Å². The van der Waals surface area contributed by atoms with Crippen LogP contribution >= 0.6 is 22.9 Å². The number of thiazole rings is 1. The molecule has 1 heterocycles. The average molecular weight is 319 g/mol. The first kappa shape index (κ1) is 14.3. The number of aliphatic hydroxyl groups is 1. The van der Waals surface area contributed by atoms with Gasteiger partial charge in [-0.15, -0.1) is 11.3 Å². The van der Waals surface area contributed by atoms with E-state index in [0.29, 0.717) is 11.1 Å². The van der Waals surface area contributed by atoms with Crippen LogP contribution in [-0.2, 0) is 16.6 Å². The van der Waals surface area contributed by atoms with Gasteiger partial charge in [0.05, 0.1) is 11.5 Å². The van der Waals surface area contributed by atoms with Gasteiger partial charge in [-0.3, -0.25) is 4.72 Å². The predicted molar refractivity (Wildman–Crippen MR) is 75.0 cm³/mol. The fraction of sp³-hybridized carbons (Fsp3) is 0.182. The molecule has 0 fully saturated rings. The summed E-state index contributed by atoms with van der Waals surface area (Å²) in [5.74, 6) is 0. The van der Waals surface area contributed by atoms with Gasteiger partial charge in [0.2, 0.25) is 0 Å². The van der Waals surface area contributed by atoms with Crippen LogP contribution in [0.3, 0.4) is 0 Å². The Balaban J connectivity index is 2.48. The summed E-state index contributed by atoms with van der Waals surface area (Å²) >= 11 is 7.05. The van der Waals surface area contributed by atoms with Crippen molar-refractivity contribution in [3.63, 3.8) is 0 Å². The van der Waals surface area contributed by atoms with E-state index in [1.54, 1.807) is 18.4 Å². The predicted octanol–water partition coefficient (Wildman–Crippen LogP) is 2.40. The van der Waals surface area contributed by atoms with Gasteiger partial charge >= 0.3 is 0 Å². The van der Waals surface area contributed by atoms with Gasteiger partial charge in [-0.2, -0.15) is 0 Å². The van der Waals surface area contributed by atoms with Crippen LogP contribution in [0.4, 0.5) is 5.13 Å². The summed E-state index contributed by atoms with van der Waals surface area (Å²) in [5.41, 5.74) is 0.947. The van der Waals surface area contributed by atoms with Gasteiger partial charge < -0.3 is 5.11 Å². The van der Waals surface area contributed by atoms with Crippen molar-refractivity contribution in [2.75, 3.05) is 4.72 Å². The van der Waals surface area contributed by atoms with E-state index >= 15 is 0 Å². The maximum absolute atomic E-state index is 12.3. The maximum Gasteiger partial charge on any atom is 0.263 e. The Hall–Kier alpha value is -1.15. The van der Waals surface area contributed by atoms with E-state index in [4.69, 9.17) is 11.6 Å². The summed E-state index contributed by atoms with van der Waals surface area (Å²) < 4.78 is 26.9. The van der Waals surface area contributed by atoms with Crippen molar-refractivity contribution in [1.82, 2.24) is 4.98 Å². The van der Waals surface area contributed by atoms with Gasteiger partial charge in [0.1, 0.15) is 0 Å². The van der Waals surface area contributed by atoms with Crippen molar-refractivity contribution < 1.29 is 13.5 Å². The fourth-order valence-electron chi connectivity index (χ4n) is 1.60. The third-order valence-corrected chi connectivity index (χ3v) is 5.05. The lowest BCUT2D eigenvalue weighted by Gasteiger charge is -2.12. The number of aromatic nitrogens is 1. The smallest absolute Gasteiger partial charge is 0.263 e.